The minimum absolute atomic E-state index is 0.217. The van der Waals surface area contributed by atoms with Crippen LogP contribution in [0.15, 0.2) is 40.3 Å². The Balaban J connectivity index is 2.67. The Morgan fingerprint density at radius 2 is 1.90 bits per heavy atom. The summed E-state index contributed by atoms with van der Waals surface area (Å²) in [7, 11) is 0.985. The van der Waals surface area contributed by atoms with Crippen molar-refractivity contribution in [1.29, 1.82) is 0 Å². The molecule has 0 bridgehead atoms. The lowest BCUT2D eigenvalue weighted by Crippen LogP contribution is -2.29. The minimum atomic E-state index is -4.61. The van der Waals surface area contributed by atoms with Crippen LogP contribution in [0.2, 0.25) is 0 Å². The van der Waals surface area contributed by atoms with Gasteiger partial charge in [0.15, 0.2) is 0 Å². The first kappa shape index (κ1) is 15.7. The smallest absolute Gasteiger partial charge is 0.409 e. The lowest BCUT2D eigenvalue weighted by molar-refractivity contribution is -0.0598. The molecule has 0 radical (unpaired) electrons. The van der Waals surface area contributed by atoms with E-state index in [9.17, 15) is 18.0 Å². The van der Waals surface area contributed by atoms with Gasteiger partial charge in [-0.15, -0.1) is 0 Å². The summed E-state index contributed by atoms with van der Waals surface area (Å²) >= 11 is 0. The van der Waals surface area contributed by atoms with Gasteiger partial charge in [-0.2, -0.15) is 18.2 Å². The summed E-state index contributed by atoms with van der Waals surface area (Å²) < 4.78 is 42.0. The van der Waals surface area contributed by atoms with E-state index in [4.69, 9.17) is 10.5 Å². The predicted molar refractivity (Wildman–Crippen MR) is 68.1 cm³/mol. The molecule has 0 aliphatic rings. The van der Waals surface area contributed by atoms with Gasteiger partial charge in [0, 0.05) is 7.05 Å². The summed E-state index contributed by atoms with van der Waals surface area (Å²) in [5.41, 5.74) is 4.15. The molecule has 0 atom stereocenters. The molecule has 0 aliphatic heterocycles. The number of ether oxygens (including phenoxy) is 1. The summed E-state index contributed by atoms with van der Waals surface area (Å²) in [6, 6.07) is 7.96. The van der Waals surface area contributed by atoms with Crippen LogP contribution in [0.5, 0.6) is 5.75 Å². The molecule has 0 unspecified atom stereocenters. The van der Waals surface area contributed by atoms with Crippen LogP contribution >= 0.6 is 0 Å². The molecule has 0 aromatic heterocycles. The molecule has 0 aliphatic carbocycles. The van der Waals surface area contributed by atoms with Crippen LogP contribution in [-0.2, 0) is 0 Å². The SMILES string of the molecule is CN=C(CC(N)=NC(=O)Oc1ccccc1)C(F)(F)F. The number of benzene rings is 1. The fourth-order valence-corrected chi connectivity index (χ4v) is 1.25. The Kier molecular flexibility index (Phi) is 5.24. The Morgan fingerprint density at radius 1 is 1.30 bits per heavy atom. The van der Waals surface area contributed by atoms with Crippen molar-refractivity contribution in [3.8, 4) is 5.75 Å². The van der Waals surface area contributed by atoms with Gasteiger partial charge in [-0.3, -0.25) is 4.99 Å². The highest BCUT2D eigenvalue weighted by atomic mass is 19.4. The second kappa shape index (κ2) is 6.69. The number of alkyl halides is 3. The van der Waals surface area contributed by atoms with E-state index < -0.39 is 30.2 Å². The number of hydrogen-bond donors (Lipinski definition) is 1. The van der Waals surface area contributed by atoms with Gasteiger partial charge in [0.1, 0.15) is 17.3 Å². The summed E-state index contributed by atoms with van der Waals surface area (Å²) in [4.78, 5) is 17.6. The molecule has 1 amide bonds. The maximum absolute atomic E-state index is 12.4. The third kappa shape index (κ3) is 5.09. The molecule has 0 heterocycles. The largest absolute Gasteiger partial charge is 0.440 e. The lowest BCUT2D eigenvalue weighted by atomic mass is 10.2. The number of nitrogens with zero attached hydrogens (tertiary/aromatic N) is 2. The summed E-state index contributed by atoms with van der Waals surface area (Å²) in [5, 5.41) is 0. The highest BCUT2D eigenvalue weighted by Gasteiger charge is 2.35. The van der Waals surface area contributed by atoms with Crippen molar-refractivity contribution in [2.45, 2.75) is 12.6 Å². The number of para-hydroxylation sites is 1. The zero-order valence-electron chi connectivity index (χ0n) is 10.5. The van der Waals surface area contributed by atoms with E-state index in [1.165, 1.54) is 12.1 Å². The quantitative estimate of drug-likeness (QED) is 0.685. The van der Waals surface area contributed by atoms with Gasteiger partial charge in [0.25, 0.3) is 0 Å². The Morgan fingerprint density at radius 3 is 2.40 bits per heavy atom. The van der Waals surface area contributed by atoms with E-state index in [1.807, 2.05) is 0 Å². The van der Waals surface area contributed by atoms with Crippen LogP contribution in [0.4, 0.5) is 18.0 Å². The van der Waals surface area contributed by atoms with Gasteiger partial charge in [0.2, 0.25) is 0 Å². The number of nitrogens with two attached hydrogens (primary N) is 1. The van der Waals surface area contributed by atoms with E-state index in [0.29, 0.717) is 0 Å². The first-order valence-electron chi connectivity index (χ1n) is 5.45. The average Bonchev–Trinajstić information content (AvgIpc) is 2.35. The number of carbonyl (C=O) groups excluding carboxylic acids is 1. The lowest BCUT2D eigenvalue weighted by Gasteiger charge is -2.09. The van der Waals surface area contributed by atoms with Crippen LogP contribution in [0.3, 0.4) is 0 Å². The van der Waals surface area contributed by atoms with Crippen molar-refractivity contribution in [3.63, 3.8) is 0 Å². The molecule has 8 heteroatoms. The number of halogens is 3. The number of aliphatic imine (C=N–C) groups is 2. The van der Waals surface area contributed by atoms with Crippen molar-refractivity contribution in [3.05, 3.63) is 30.3 Å². The van der Waals surface area contributed by atoms with Crippen molar-refractivity contribution in [2.24, 2.45) is 15.7 Å². The molecule has 2 N–H and O–H groups in total. The number of carbonyl (C=O) groups is 1. The molecule has 20 heavy (non-hydrogen) atoms. The van der Waals surface area contributed by atoms with Gasteiger partial charge >= 0.3 is 12.3 Å². The minimum Gasteiger partial charge on any atom is -0.409 e. The number of rotatable bonds is 3. The van der Waals surface area contributed by atoms with E-state index in [2.05, 4.69) is 9.98 Å². The Bertz CT molecular complexity index is 524. The van der Waals surface area contributed by atoms with Gasteiger partial charge in [0.05, 0.1) is 6.42 Å². The van der Waals surface area contributed by atoms with Crippen molar-refractivity contribution < 1.29 is 22.7 Å². The van der Waals surface area contributed by atoms with Crippen molar-refractivity contribution in [2.75, 3.05) is 7.05 Å². The van der Waals surface area contributed by atoms with E-state index in [0.717, 1.165) is 7.05 Å². The number of hydrogen-bond acceptors (Lipinski definition) is 3. The molecule has 0 saturated heterocycles. The van der Waals surface area contributed by atoms with Gasteiger partial charge in [-0.1, -0.05) is 18.2 Å². The highest BCUT2D eigenvalue weighted by molar-refractivity contribution is 6.07. The molecule has 0 saturated carbocycles. The van der Waals surface area contributed by atoms with Gasteiger partial charge in [-0.25, -0.2) is 4.79 Å². The molecule has 1 rings (SSSR count). The fourth-order valence-electron chi connectivity index (χ4n) is 1.25. The highest BCUT2D eigenvalue weighted by Crippen LogP contribution is 2.19. The second-order valence-corrected chi connectivity index (χ2v) is 3.63. The zero-order chi connectivity index (χ0) is 15.2. The molecule has 1 aromatic carbocycles. The average molecular weight is 287 g/mol. The predicted octanol–water partition coefficient (Wildman–Crippen LogP) is 2.57. The fraction of sp³-hybridized carbons (Fsp3) is 0.250. The van der Waals surface area contributed by atoms with E-state index in [1.54, 1.807) is 18.2 Å². The van der Waals surface area contributed by atoms with Crippen LogP contribution in [0.1, 0.15) is 6.42 Å². The summed E-state index contributed by atoms with van der Waals surface area (Å²) in [5.74, 6) is -0.307. The standard InChI is InChI=1S/C12H12F3N3O2/c1-17-9(12(13,14)15)7-10(16)18-11(19)20-8-5-3-2-4-6-8/h2-6H,7H2,1H3,(H2,16,18,19). The summed E-state index contributed by atoms with van der Waals surface area (Å²) in [6.45, 7) is 0. The molecule has 5 nitrogen and oxygen atoms in total. The molecular weight excluding hydrogens is 275 g/mol. The van der Waals surface area contributed by atoms with Gasteiger partial charge in [-0.05, 0) is 12.1 Å². The number of amidine groups is 1. The van der Waals surface area contributed by atoms with E-state index in [-0.39, 0.29) is 5.75 Å². The topological polar surface area (TPSA) is 77.0 Å². The Labute approximate surface area is 113 Å². The monoisotopic (exact) mass is 287 g/mol. The maximum atomic E-state index is 12.4. The summed E-state index contributed by atoms with van der Waals surface area (Å²) in [6.07, 6.45) is -6.48. The third-order valence-corrected chi connectivity index (χ3v) is 2.13. The first-order chi connectivity index (χ1) is 9.32. The molecule has 108 valence electrons. The van der Waals surface area contributed by atoms with Crippen LogP contribution in [0, 0.1) is 0 Å². The molecule has 0 fully saturated rings. The molecule has 0 spiro atoms. The second-order valence-electron chi connectivity index (χ2n) is 3.63. The molecular formula is C12H12F3N3O2. The van der Waals surface area contributed by atoms with Crippen molar-refractivity contribution in [1.82, 2.24) is 0 Å². The Hall–Kier alpha value is -2.38. The van der Waals surface area contributed by atoms with Crippen LogP contribution in [-0.4, -0.2) is 30.9 Å². The molecule has 1 aromatic rings. The van der Waals surface area contributed by atoms with Crippen LogP contribution < -0.4 is 10.5 Å². The number of amides is 1. The normalized spacial score (nSPS) is 13.2. The third-order valence-electron chi connectivity index (χ3n) is 2.13. The van der Waals surface area contributed by atoms with E-state index >= 15 is 0 Å². The maximum Gasteiger partial charge on any atom is 0.440 e. The van der Waals surface area contributed by atoms with Gasteiger partial charge < -0.3 is 10.5 Å². The zero-order valence-corrected chi connectivity index (χ0v) is 10.5. The van der Waals surface area contributed by atoms with Crippen molar-refractivity contribution >= 4 is 17.6 Å². The van der Waals surface area contributed by atoms with Crippen LogP contribution in [0.25, 0.3) is 0 Å². The first-order valence-corrected chi connectivity index (χ1v) is 5.45.